The van der Waals surface area contributed by atoms with Crippen molar-refractivity contribution in [1.29, 1.82) is 0 Å². The molecule has 13 nitrogen and oxygen atoms in total. The Morgan fingerprint density at radius 2 is 1.95 bits per heavy atom. The van der Waals surface area contributed by atoms with Gasteiger partial charge in [-0.2, -0.15) is 0 Å². The van der Waals surface area contributed by atoms with Gasteiger partial charge in [-0.3, -0.25) is 4.79 Å². The number of hydrogen-bond donors (Lipinski definition) is 7. The maximum atomic E-state index is 12.4. The minimum absolute atomic E-state index is 0.00439. The van der Waals surface area contributed by atoms with Gasteiger partial charge in [0.15, 0.2) is 16.9 Å². The topological polar surface area (TPSA) is 201 Å². The Morgan fingerprint density at radius 1 is 1.16 bits per heavy atom. The highest BCUT2D eigenvalue weighted by Crippen LogP contribution is 2.58. The van der Waals surface area contributed by atoms with Gasteiger partial charge < -0.3 is 59.3 Å². The molecule has 3 aliphatic rings. The lowest BCUT2D eigenvalue weighted by Crippen LogP contribution is -2.81. The van der Waals surface area contributed by atoms with Crippen molar-refractivity contribution >= 4 is 16.9 Å². The van der Waals surface area contributed by atoms with Gasteiger partial charge in [0.05, 0.1) is 25.6 Å². The summed E-state index contributed by atoms with van der Waals surface area (Å²) in [7, 11) is 1.76. The summed E-state index contributed by atoms with van der Waals surface area (Å²) in [5, 5.41) is 70.7. The van der Waals surface area contributed by atoms with Crippen molar-refractivity contribution in [2.75, 3.05) is 40.0 Å². The number of rotatable bonds is 12. The quantitative estimate of drug-likeness (QED) is 0.124. The fourth-order valence-corrected chi connectivity index (χ4v) is 7.36. The molecule has 2 aliphatic carbocycles. The normalized spacial score (nSPS) is 35.4. The van der Waals surface area contributed by atoms with Gasteiger partial charge in [0.1, 0.15) is 24.4 Å². The van der Waals surface area contributed by atoms with Gasteiger partial charge >= 0.3 is 5.97 Å². The zero-order valence-corrected chi connectivity index (χ0v) is 24.5. The Morgan fingerprint density at radius 3 is 2.65 bits per heavy atom. The van der Waals surface area contributed by atoms with Crippen molar-refractivity contribution in [3.63, 3.8) is 0 Å². The van der Waals surface area contributed by atoms with Crippen LogP contribution in [0.3, 0.4) is 0 Å². The largest absolute Gasteiger partial charge is 0.485 e. The van der Waals surface area contributed by atoms with Crippen LogP contribution in [0.25, 0.3) is 11.0 Å². The van der Waals surface area contributed by atoms with Crippen LogP contribution in [-0.4, -0.2) is 112 Å². The van der Waals surface area contributed by atoms with Crippen LogP contribution in [0.1, 0.15) is 38.2 Å². The molecule has 2 heterocycles. The van der Waals surface area contributed by atoms with Crippen molar-refractivity contribution in [1.82, 2.24) is 5.32 Å². The van der Waals surface area contributed by atoms with Crippen LogP contribution in [0, 0.1) is 17.8 Å². The van der Waals surface area contributed by atoms with Crippen LogP contribution in [0.2, 0.25) is 0 Å². The van der Waals surface area contributed by atoms with Crippen molar-refractivity contribution in [2.24, 2.45) is 17.8 Å². The fourth-order valence-electron chi connectivity index (χ4n) is 7.36. The van der Waals surface area contributed by atoms with E-state index in [4.69, 9.17) is 23.4 Å². The fraction of sp³-hybridized carbons (Fsp3) is 0.700. The molecular weight excluding hydrogens is 566 g/mol. The number of esters is 1. The number of ether oxygens (including phenoxy) is 4. The summed E-state index contributed by atoms with van der Waals surface area (Å²) in [6.45, 7) is 1.44. The first-order valence-corrected chi connectivity index (χ1v) is 14.9. The first kappa shape index (κ1) is 31.9. The van der Waals surface area contributed by atoms with Crippen molar-refractivity contribution in [3.05, 3.63) is 24.0 Å². The number of nitrogens with one attached hydrogen (secondary N) is 1. The Labute approximate surface area is 249 Å². The van der Waals surface area contributed by atoms with E-state index in [1.54, 1.807) is 26.1 Å². The number of benzene rings is 1. The summed E-state index contributed by atoms with van der Waals surface area (Å²) in [6, 6.07) is 3.49. The molecule has 5 rings (SSSR count). The van der Waals surface area contributed by atoms with E-state index >= 15 is 0 Å². The number of aliphatic hydroxyl groups is 6. The number of carbonyl (C=O) groups excluding carboxylic acids is 1. The van der Waals surface area contributed by atoms with Gasteiger partial charge in [-0.25, -0.2) is 0 Å². The molecule has 240 valence electrons. The van der Waals surface area contributed by atoms with Crippen LogP contribution in [0.4, 0.5) is 0 Å². The van der Waals surface area contributed by atoms with E-state index in [9.17, 15) is 35.4 Å². The zero-order chi connectivity index (χ0) is 30.9. The number of carbonyl (C=O) groups is 1. The van der Waals surface area contributed by atoms with Crippen LogP contribution >= 0.6 is 0 Å². The second-order valence-corrected chi connectivity index (χ2v) is 11.8. The molecule has 2 aromatic rings. The highest BCUT2D eigenvalue weighted by molar-refractivity contribution is 5.87. The van der Waals surface area contributed by atoms with Gasteiger partial charge in [-0.1, -0.05) is 0 Å². The van der Waals surface area contributed by atoms with Gasteiger partial charge in [0.2, 0.25) is 12.0 Å². The SMILES string of the molecule is CCOC(=O)CCc1cc2ccoc2c(OCCNC)c1OC1OC(CO)C2(O)CC3CCC(O)C(CO)C3C1(O)C2O. The number of furan rings is 1. The van der Waals surface area contributed by atoms with Crippen molar-refractivity contribution in [2.45, 2.75) is 74.8 Å². The number of likely N-dealkylation sites (N-methyl/N-ethyl adjacent to an activating group) is 1. The molecular formula is C30H43NO12. The molecule has 13 heteroatoms. The Kier molecular flexibility index (Phi) is 9.54. The first-order valence-electron chi connectivity index (χ1n) is 14.9. The van der Waals surface area contributed by atoms with E-state index in [0.29, 0.717) is 35.9 Å². The molecule has 9 atom stereocenters. The van der Waals surface area contributed by atoms with E-state index in [0.717, 1.165) is 0 Å². The number of aryl methyl sites for hydroxylation is 1. The number of hydrogen-bond acceptors (Lipinski definition) is 13. The van der Waals surface area contributed by atoms with Gasteiger partial charge in [-0.05, 0) is 63.3 Å². The first-order chi connectivity index (χ1) is 20.6. The van der Waals surface area contributed by atoms with E-state index < -0.39 is 72.7 Å². The van der Waals surface area contributed by atoms with Gasteiger partial charge in [0.25, 0.3) is 0 Å². The van der Waals surface area contributed by atoms with E-state index in [2.05, 4.69) is 5.32 Å². The summed E-state index contributed by atoms with van der Waals surface area (Å²) in [5.41, 5.74) is -3.50. The Hall–Kier alpha value is -2.49. The standard InChI is InChI=1S/C30H43NO12/c1-3-39-22(35)7-5-16-12-17-8-10-40-24(17)26(41-11-9-31-2)25(16)43-28-30(38)23-18(4-6-20(34)19(23)14-32)13-29(37,27(30)36)21(15-33)42-28/h8,10,12,18-21,23,27-28,31-34,36-38H,3-7,9,11,13-15H2,1-2H3. The summed E-state index contributed by atoms with van der Waals surface area (Å²) in [5.74, 6) is -2.37. The van der Waals surface area contributed by atoms with E-state index in [1.807, 2.05) is 0 Å². The maximum absolute atomic E-state index is 12.4. The van der Waals surface area contributed by atoms with Gasteiger partial charge in [-0.15, -0.1) is 0 Å². The Bertz CT molecular complexity index is 1270. The number of fused-ring (bicyclic) bond motifs is 5. The molecule has 0 amide bonds. The van der Waals surface area contributed by atoms with E-state index in [-0.39, 0.29) is 44.0 Å². The summed E-state index contributed by atoms with van der Waals surface area (Å²) >= 11 is 0. The highest BCUT2D eigenvalue weighted by Gasteiger charge is 2.72. The van der Waals surface area contributed by atoms with Crippen molar-refractivity contribution in [3.8, 4) is 11.5 Å². The van der Waals surface area contributed by atoms with Crippen LogP contribution in [0.15, 0.2) is 22.8 Å². The Balaban J connectivity index is 1.62. The second-order valence-electron chi connectivity index (χ2n) is 11.8. The minimum atomic E-state index is -2.32. The van der Waals surface area contributed by atoms with Crippen LogP contribution in [-0.2, 0) is 20.7 Å². The minimum Gasteiger partial charge on any atom is -0.485 e. The molecule has 2 bridgehead atoms. The molecule has 3 fully saturated rings. The molecule has 7 N–H and O–H groups in total. The van der Waals surface area contributed by atoms with E-state index in [1.165, 1.54) is 6.26 Å². The lowest BCUT2D eigenvalue weighted by molar-refractivity contribution is -0.397. The second kappa shape index (κ2) is 12.9. The third-order valence-electron chi connectivity index (χ3n) is 9.39. The van der Waals surface area contributed by atoms with Crippen molar-refractivity contribution < 1.29 is 58.8 Å². The predicted octanol–water partition coefficient (Wildman–Crippen LogP) is -0.155. The molecule has 43 heavy (non-hydrogen) atoms. The highest BCUT2D eigenvalue weighted by atomic mass is 16.7. The molecule has 1 aromatic heterocycles. The molecule has 9 unspecified atom stereocenters. The third kappa shape index (κ3) is 5.50. The monoisotopic (exact) mass is 609 g/mol. The summed E-state index contributed by atoms with van der Waals surface area (Å²) in [6.07, 6.45) is -3.47. The lowest BCUT2D eigenvalue weighted by atomic mass is 9.51. The maximum Gasteiger partial charge on any atom is 0.306 e. The summed E-state index contributed by atoms with van der Waals surface area (Å²) in [4.78, 5) is 12.3. The van der Waals surface area contributed by atoms with Crippen LogP contribution in [0.5, 0.6) is 11.5 Å². The predicted molar refractivity (Wildman–Crippen MR) is 150 cm³/mol. The van der Waals surface area contributed by atoms with Gasteiger partial charge in [0, 0.05) is 36.8 Å². The summed E-state index contributed by atoms with van der Waals surface area (Å²) < 4.78 is 29.5. The average Bonchev–Trinajstić information content (AvgIpc) is 3.46. The number of aliphatic hydroxyl groups excluding tert-OH is 4. The zero-order valence-electron chi connectivity index (χ0n) is 24.5. The molecule has 1 aromatic carbocycles. The third-order valence-corrected chi connectivity index (χ3v) is 9.39. The molecule has 0 radical (unpaired) electrons. The molecule has 0 spiro atoms. The lowest BCUT2D eigenvalue weighted by Gasteiger charge is -2.64. The molecule has 1 aliphatic heterocycles. The average molecular weight is 610 g/mol. The molecule has 1 saturated heterocycles. The van der Waals surface area contributed by atoms with Crippen LogP contribution < -0.4 is 14.8 Å². The molecule has 2 saturated carbocycles. The smallest absolute Gasteiger partial charge is 0.306 e.